The maximum absolute atomic E-state index is 11.6. The van der Waals surface area contributed by atoms with Crippen LogP contribution in [0, 0.1) is 0 Å². The molecule has 0 fully saturated rings. The summed E-state index contributed by atoms with van der Waals surface area (Å²) < 4.78 is 0. The van der Waals surface area contributed by atoms with Crippen molar-refractivity contribution in [1.29, 1.82) is 0 Å². The van der Waals surface area contributed by atoms with Crippen molar-refractivity contribution in [3.8, 4) is 0 Å². The first kappa shape index (κ1) is 19.5. The number of nitrogens with one attached hydrogen (secondary N) is 2. The van der Waals surface area contributed by atoms with Gasteiger partial charge in [-0.1, -0.05) is 10.8 Å². The van der Waals surface area contributed by atoms with Crippen molar-refractivity contribution in [3.63, 3.8) is 0 Å². The molecule has 119 valence electrons. The van der Waals surface area contributed by atoms with Crippen LogP contribution in [0.5, 0.6) is 0 Å². The molecule has 0 heterocycles. The van der Waals surface area contributed by atoms with Crippen LogP contribution in [0.25, 0.3) is 0 Å². The van der Waals surface area contributed by atoms with Crippen LogP contribution in [0.1, 0.15) is 12.8 Å². The molecule has 0 aromatic heterocycles. The largest absolute Gasteiger partial charge is 0.548 e. The molecular formula is C10H15N3O6S2-. The molecule has 21 heavy (non-hydrogen) atoms. The molecule has 0 bridgehead atoms. The molecular weight excluding hydrogens is 322 g/mol. The van der Waals surface area contributed by atoms with E-state index in [1.807, 2.05) is 0 Å². The van der Waals surface area contributed by atoms with E-state index < -0.39 is 42.4 Å². The van der Waals surface area contributed by atoms with Gasteiger partial charge < -0.3 is 30.4 Å². The van der Waals surface area contributed by atoms with Gasteiger partial charge in [-0.3, -0.25) is 9.59 Å². The molecule has 0 aliphatic heterocycles. The van der Waals surface area contributed by atoms with Gasteiger partial charge in [-0.2, -0.15) is 5.73 Å². The first-order valence-electron chi connectivity index (χ1n) is 5.77. The fraction of sp³-hybridized carbons (Fsp3) is 0.600. The Morgan fingerprint density at radius 3 is 2.33 bits per heavy atom. The van der Waals surface area contributed by atoms with Crippen molar-refractivity contribution in [3.05, 3.63) is 0 Å². The number of thiol groups is 1. The van der Waals surface area contributed by atoms with E-state index >= 15 is 0 Å². The van der Waals surface area contributed by atoms with Crippen molar-refractivity contribution in [2.75, 3.05) is 12.3 Å². The number of aliphatic carboxylic acids is 2. The van der Waals surface area contributed by atoms with Gasteiger partial charge in [0, 0.05) is 18.6 Å². The second kappa shape index (κ2) is 10.3. The van der Waals surface area contributed by atoms with E-state index in [9.17, 15) is 29.4 Å². The van der Waals surface area contributed by atoms with Gasteiger partial charge in [-0.15, -0.1) is 11.7 Å². The monoisotopic (exact) mass is 337 g/mol. The number of nitrogens with two attached hydrogens (primary N) is 1. The Morgan fingerprint density at radius 1 is 1.24 bits per heavy atom. The third-order valence-electron chi connectivity index (χ3n) is 2.29. The average Bonchev–Trinajstić information content (AvgIpc) is 2.41. The third-order valence-corrected chi connectivity index (χ3v) is 3.21. The maximum atomic E-state index is 11.6. The van der Waals surface area contributed by atoms with Gasteiger partial charge in [0.2, 0.25) is 11.8 Å². The normalized spacial score (nSPS) is 13.0. The molecule has 11 heteroatoms. The van der Waals surface area contributed by atoms with Gasteiger partial charge in [0.15, 0.2) is 6.04 Å². The maximum Gasteiger partial charge on any atom is 0.243 e. The molecule has 0 spiro atoms. The van der Waals surface area contributed by atoms with E-state index in [1.54, 1.807) is 0 Å². The van der Waals surface area contributed by atoms with E-state index in [2.05, 4.69) is 22.3 Å². The summed E-state index contributed by atoms with van der Waals surface area (Å²) in [6.45, 7) is -0.683. The Labute approximate surface area is 129 Å². The van der Waals surface area contributed by atoms with Crippen LogP contribution in [-0.2, 0) is 19.2 Å². The molecule has 0 saturated heterocycles. The van der Waals surface area contributed by atoms with Crippen LogP contribution in [0.4, 0.5) is 0 Å². The number of carbonyl (C=O) groups is 4. The zero-order valence-corrected chi connectivity index (χ0v) is 12.6. The summed E-state index contributed by atoms with van der Waals surface area (Å²) in [4.78, 5) is 43.8. The highest BCUT2D eigenvalue weighted by atomic mass is 33.1. The summed E-state index contributed by atoms with van der Waals surface area (Å²) in [5.41, 5.74) is 5.19. The molecule has 0 aliphatic carbocycles. The van der Waals surface area contributed by atoms with Crippen LogP contribution < -0.4 is 26.6 Å². The lowest BCUT2D eigenvalue weighted by Gasteiger charge is -2.17. The summed E-state index contributed by atoms with van der Waals surface area (Å²) in [6.07, 6.45) is -0.355. The number of carbonyl (C=O) groups excluding carboxylic acids is 4. The Balaban J connectivity index is 4.35. The SMILES string of the molecule is [NH2+]C(CCC(=O)NC(CSS)C(=O)NCC(=O)[O-])C(=O)[O-]. The molecule has 2 atom stereocenters. The van der Waals surface area contributed by atoms with Gasteiger partial charge in [0.05, 0.1) is 12.5 Å². The molecule has 9 nitrogen and oxygen atoms in total. The lowest BCUT2D eigenvalue weighted by molar-refractivity contribution is -0.438. The molecule has 2 amide bonds. The highest BCUT2D eigenvalue weighted by Crippen LogP contribution is 2.07. The predicted octanol–water partition coefficient (Wildman–Crippen LogP) is -5.16. The molecule has 4 N–H and O–H groups in total. The van der Waals surface area contributed by atoms with E-state index in [4.69, 9.17) is 5.73 Å². The smallest absolute Gasteiger partial charge is 0.243 e. The summed E-state index contributed by atoms with van der Waals surface area (Å²) in [5, 5.41) is 25.0. The summed E-state index contributed by atoms with van der Waals surface area (Å²) in [6, 6.07) is -2.28. The first-order chi connectivity index (χ1) is 9.77. The first-order valence-corrected chi connectivity index (χ1v) is 7.81. The number of rotatable bonds is 10. The van der Waals surface area contributed by atoms with Gasteiger partial charge in [0.1, 0.15) is 12.0 Å². The minimum Gasteiger partial charge on any atom is -0.548 e. The van der Waals surface area contributed by atoms with E-state index in [0.29, 0.717) is 0 Å². The van der Waals surface area contributed by atoms with E-state index in [-0.39, 0.29) is 18.6 Å². The lowest BCUT2D eigenvalue weighted by Crippen LogP contribution is -2.68. The Morgan fingerprint density at radius 2 is 1.86 bits per heavy atom. The second-order valence-electron chi connectivity index (χ2n) is 3.97. The van der Waals surface area contributed by atoms with Crippen molar-refractivity contribution in [1.82, 2.24) is 10.6 Å². The summed E-state index contributed by atoms with van der Waals surface area (Å²) in [5.74, 6) is -4.15. The number of amides is 2. The van der Waals surface area contributed by atoms with Gasteiger partial charge in [-0.25, -0.2) is 0 Å². The van der Waals surface area contributed by atoms with Gasteiger partial charge in [-0.05, 0) is 0 Å². The second-order valence-corrected chi connectivity index (χ2v) is 5.34. The molecule has 0 rings (SSSR count). The van der Waals surface area contributed by atoms with Gasteiger partial charge in [0.25, 0.3) is 0 Å². The number of hydrogen-bond acceptors (Lipinski definition) is 9. The minimum atomic E-state index is -1.48. The third kappa shape index (κ3) is 9.15. The van der Waals surface area contributed by atoms with Crippen LogP contribution in [-0.4, -0.2) is 48.1 Å². The predicted molar refractivity (Wildman–Crippen MR) is 71.3 cm³/mol. The highest BCUT2D eigenvalue weighted by molar-refractivity contribution is 8.68. The standard InChI is InChI=1S/C10H17N3O6S2/c11-5(10(18)19)1-2-7(14)13-6(4-21-20)9(17)12-3-8(15)16/h5-6,20H,1-4,11H2,(H,12,17)(H,13,14)(H,15,16)(H,18,19)/q+1/p-2. The van der Waals surface area contributed by atoms with Crippen molar-refractivity contribution in [2.24, 2.45) is 0 Å². The van der Waals surface area contributed by atoms with Gasteiger partial charge >= 0.3 is 0 Å². The molecule has 0 aliphatic rings. The lowest BCUT2D eigenvalue weighted by atomic mass is 10.1. The molecule has 1 radical (unpaired) electrons. The topological polar surface area (TPSA) is 164 Å². The van der Waals surface area contributed by atoms with E-state index in [0.717, 1.165) is 10.8 Å². The number of hydrogen-bond donors (Lipinski definition) is 4. The zero-order valence-electron chi connectivity index (χ0n) is 10.9. The van der Waals surface area contributed by atoms with Crippen molar-refractivity contribution < 1.29 is 35.1 Å². The minimum absolute atomic E-state index is 0.0975. The van der Waals surface area contributed by atoms with Crippen molar-refractivity contribution in [2.45, 2.75) is 24.9 Å². The fourth-order valence-corrected chi connectivity index (χ4v) is 2.04. The zero-order chi connectivity index (χ0) is 16.4. The molecule has 0 aromatic carbocycles. The Kier molecular flexibility index (Phi) is 9.58. The number of carboxylic acid groups (broad SMARTS) is 2. The quantitative estimate of drug-likeness (QED) is 0.229. The summed E-state index contributed by atoms with van der Waals surface area (Å²) in [7, 11) is 0.971. The van der Waals surface area contributed by atoms with Crippen LogP contribution in [0.3, 0.4) is 0 Å². The van der Waals surface area contributed by atoms with Crippen molar-refractivity contribution >= 4 is 46.2 Å². The molecule has 2 unspecified atom stereocenters. The number of carboxylic acids is 2. The van der Waals surface area contributed by atoms with Crippen LogP contribution in [0.15, 0.2) is 0 Å². The Bertz CT molecular complexity index is 406. The van der Waals surface area contributed by atoms with E-state index in [1.165, 1.54) is 0 Å². The average molecular weight is 337 g/mol. The molecule has 0 saturated carbocycles. The molecule has 0 aromatic rings. The van der Waals surface area contributed by atoms with Crippen LogP contribution in [0.2, 0.25) is 0 Å². The highest BCUT2D eigenvalue weighted by Gasteiger charge is 2.21. The Hall–Kier alpha value is -1.46. The fourth-order valence-electron chi connectivity index (χ4n) is 1.21. The summed E-state index contributed by atoms with van der Waals surface area (Å²) >= 11 is 3.85. The van der Waals surface area contributed by atoms with Crippen LogP contribution >= 0.6 is 22.5 Å².